The van der Waals surface area contributed by atoms with Gasteiger partial charge in [-0.25, -0.2) is 0 Å². The molecule has 1 saturated heterocycles. The first-order chi connectivity index (χ1) is 13.3. The van der Waals surface area contributed by atoms with Gasteiger partial charge in [0.25, 0.3) is 5.91 Å². The fraction of sp³-hybridized carbons (Fsp3) is 0.238. The van der Waals surface area contributed by atoms with E-state index in [0.29, 0.717) is 44.1 Å². The van der Waals surface area contributed by atoms with Crippen molar-refractivity contribution >= 4 is 63.5 Å². The highest BCUT2D eigenvalue weighted by molar-refractivity contribution is 8.26. The summed E-state index contributed by atoms with van der Waals surface area (Å²) >= 11 is 19.2. The summed E-state index contributed by atoms with van der Waals surface area (Å²) in [7, 11) is 0. The number of thioether (sulfide) groups is 1. The molecule has 3 rings (SSSR count). The lowest BCUT2D eigenvalue weighted by Crippen LogP contribution is -2.31. The smallest absolute Gasteiger partial charge is 0.266 e. The van der Waals surface area contributed by atoms with Crippen LogP contribution in [-0.4, -0.2) is 21.7 Å². The molecule has 7 heteroatoms. The van der Waals surface area contributed by atoms with E-state index in [-0.39, 0.29) is 5.91 Å². The first kappa shape index (κ1) is 21.2. The summed E-state index contributed by atoms with van der Waals surface area (Å²) in [6.07, 6.45) is 1.81. The molecule has 0 aliphatic carbocycles. The number of amides is 1. The standard InChI is InChI=1S/C21H19Cl2NO2S2/c1-13(2)11-24-20(25)19(28-21(24)27)10-14-7-8-18(17(23)9-14)26-12-15-5-3-4-6-16(15)22/h3-10,13H,11-12H2,1-2H3/b19-10-. The Bertz CT molecular complexity index is 944. The van der Waals surface area contributed by atoms with Crippen molar-refractivity contribution in [2.24, 2.45) is 5.92 Å². The Kier molecular flexibility index (Phi) is 7.05. The molecule has 1 fully saturated rings. The number of carbonyl (C=O) groups excluding carboxylic acids is 1. The molecular formula is C21H19Cl2NO2S2. The highest BCUT2D eigenvalue weighted by Gasteiger charge is 2.32. The maximum Gasteiger partial charge on any atom is 0.266 e. The lowest BCUT2D eigenvalue weighted by atomic mass is 10.2. The molecule has 1 amide bonds. The minimum Gasteiger partial charge on any atom is -0.487 e. The number of thiocarbonyl (C=S) groups is 1. The second-order valence-corrected chi connectivity index (χ2v) is 9.25. The molecule has 0 unspecified atom stereocenters. The van der Waals surface area contributed by atoms with Crippen molar-refractivity contribution in [1.82, 2.24) is 4.90 Å². The molecule has 0 aromatic heterocycles. The van der Waals surface area contributed by atoms with Crippen molar-refractivity contribution in [3.05, 3.63) is 68.5 Å². The van der Waals surface area contributed by atoms with Crippen LogP contribution in [0.25, 0.3) is 6.08 Å². The molecule has 0 N–H and O–H groups in total. The zero-order valence-corrected chi connectivity index (χ0v) is 18.6. The van der Waals surface area contributed by atoms with Crippen molar-refractivity contribution in [2.75, 3.05) is 6.54 Å². The Morgan fingerprint density at radius 3 is 2.61 bits per heavy atom. The number of hydrogen-bond acceptors (Lipinski definition) is 4. The molecule has 146 valence electrons. The van der Waals surface area contributed by atoms with Crippen LogP contribution in [0.4, 0.5) is 0 Å². The summed E-state index contributed by atoms with van der Waals surface area (Å²) in [5.41, 5.74) is 1.71. The lowest BCUT2D eigenvalue weighted by Gasteiger charge is -2.16. The molecule has 28 heavy (non-hydrogen) atoms. The molecule has 0 bridgehead atoms. The second kappa shape index (κ2) is 9.31. The SMILES string of the molecule is CC(C)CN1C(=O)/C(=C/c2ccc(OCc3ccccc3Cl)c(Cl)c2)SC1=S. The van der Waals surface area contributed by atoms with Crippen LogP contribution in [0.15, 0.2) is 47.4 Å². The third-order valence-electron chi connectivity index (χ3n) is 4.02. The van der Waals surface area contributed by atoms with Crippen LogP contribution in [0.1, 0.15) is 25.0 Å². The minimum absolute atomic E-state index is 0.0566. The third-order valence-corrected chi connectivity index (χ3v) is 6.06. The lowest BCUT2D eigenvalue weighted by molar-refractivity contribution is -0.122. The summed E-state index contributed by atoms with van der Waals surface area (Å²) < 4.78 is 6.38. The molecule has 1 heterocycles. The number of nitrogens with zero attached hydrogens (tertiary/aromatic N) is 1. The molecule has 0 radical (unpaired) electrons. The summed E-state index contributed by atoms with van der Waals surface area (Å²) in [5, 5.41) is 1.12. The van der Waals surface area contributed by atoms with Crippen LogP contribution >= 0.6 is 47.2 Å². The Hall–Kier alpha value is -1.53. The number of ether oxygens (including phenoxy) is 1. The van der Waals surface area contributed by atoms with Gasteiger partial charge in [0.05, 0.1) is 9.93 Å². The molecular weight excluding hydrogens is 433 g/mol. The molecule has 0 atom stereocenters. The highest BCUT2D eigenvalue weighted by Crippen LogP contribution is 2.34. The predicted octanol–water partition coefficient (Wildman–Crippen LogP) is 6.43. The quantitative estimate of drug-likeness (QED) is 0.373. The summed E-state index contributed by atoms with van der Waals surface area (Å²) in [6.45, 7) is 5.07. The summed E-state index contributed by atoms with van der Waals surface area (Å²) in [5.74, 6) is 0.857. The number of halogens is 2. The van der Waals surface area contributed by atoms with E-state index in [1.807, 2.05) is 36.4 Å². The van der Waals surface area contributed by atoms with Crippen molar-refractivity contribution in [1.29, 1.82) is 0 Å². The van der Waals surface area contributed by atoms with Crippen molar-refractivity contribution in [3.8, 4) is 5.75 Å². The van der Waals surface area contributed by atoms with E-state index in [1.165, 1.54) is 11.8 Å². The van der Waals surface area contributed by atoms with Crippen LogP contribution < -0.4 is 4.74 Å². The van der Waals surface area contributed by atoms with Crippen molar-refractivity contribution < 1.29 is 9.53 Å². The molecule has 3 nitrogen and oxygen atoms in total. The average molecular weight is 452 g/mol. The minimum atomic E-state index is -0.0566. The topological polar surface area (TPSA) is 29.5 Å². The predicted molar refractivity (Wildman–Crippen MR) is 122 cm³/mol. The van der Waals surface area contributed by atoms with E-state index in [2.05, 4.69) is 13.8 Å². The van der Waals surface area contributed by atoms with Gasteiger partial charge in [0.1, 0.15) is 16.7 Å². The van der Waals surface area contributed by atoms with Gasteiger partial charge in [0.15, 0.2) is 0 Å². The van der Waals surface area contributed by atoms with E-state index in [9.17, 15) is 4.79 Å². The second-order valence-electron chi connectivity index (χ2n) is 6.76. The Balaban J connectivity index is 1.72. The summed E-state index contributed by atoms with van der Waals surface area (Å²) in [4.78, 5) is 14.8. The van der Waals surface area contributed by atoms with E-state index < -0.39 is 0 Å². The molecule has 1 aliphatic rings. The maximum atomic E-state index is 12.6. The van der Waals surface area contributed by atoms with Crippen LogP contribution in [-0.2, 0) is 11.4 Å². The molecule has 1 aliphatic heterocycles. The average Bonchev–Trinajstić information content (AvgIpc) is 2.89. The van der Waals surface area contributed by atoms with Crippen LogP contribution in [0, 0.1) is 5.92 Å². The highest BCUT2D eigenvalue weighted by atomic mass is 35.5. The monoisotopic (exact) mass is 451 g/mol. The zero-order chi connectivity index (χ0) is 20.3. The number of benzene rings is 2. The van der Waals surface area contributed by atoms with E-state index in [4.69, 9.17) is 40.2 Å². The first-order valence-corrected chi connectivity index (χ1v) is 10.7. The van der Waals surface area contributed by atoms with Gasteiger partial charge >= 0.3 is 0 Å². The van der Waals surface area contributed by atoms with Crippen LogP contribution in [0.5, 0.6) is 5.75 Å². The molecule has 0 saturated carbocycles. The fourth-order valence-electron chi connectivity index (χ4n) is 2.67. The van der Waals surface area contributed by atoms with E-state index >= 15 is 0 Å². The third kappa shape index (κ3) is 5.09. The van der Waals surface area contributed by atoms with Gasteiger partial charge in [-0.05, 0) is 35.8 Å². The van der Waals surface area contributed by atoms with Crippen LogP contribution in [0.3, 0.4) is 0 Å². The van der Waals surface area contributed by atoms with Gasteiger partial charge in [-0.1, -0.05) is 85.3 Å². The van der Waals surface area contributed by atoms with Gasteiger partial charge in [-0.15, -0.1) is 0 Å². The van der Waals surface area contributed by atoms with Gasteiger partial charge < -0.3 is 4.74 Å². The zero-order valence-electron chi connectivity index (χ0n) is 15.4. The maximum absolute atomic E-state index is 12.6. The van der Waals surface area contributed by atoms with Crippen LogP contribution in [0.2, 0.25) is 10.0 Å². The molecule has 0 spiro atoms. The Morgan fingerprint density at radius 2 is 1.93 bits per heavy atom. The Morgan fingerprint density at radius 1 is 1.18 bits per heavy atom. The molecule has 2 aromatic rings. The van der Waals surface area contributed by atoms with Crippen molar-refractivity contribution in [3.63, 3.8) is 0 Å². The van der Waals surface area contributed by atoms with Gasteiger partial charge in [0.2, 0.25) is 0 Å². The number of rotatable bonds is 6. The van der Waals surface area contributed by atoms with Gasteiger partial charge in [-0.3, -0.25) is 9.69 Å². The Labute approximate surface area is 184 Å². The van der Waals surface area contributed by atoms with E-state index in [0.717, 1.165) is 11.1 Å². The van der Waals surface area contributed by atoms with E-state index in [1.54, 1.807) is 17.0 Å². The largest absolute Gasteiger partial charge is 0.487 e. The van der Waals surface area contributed by atoms with Gasteiger partial charge in [0, 0.05) is 17.1 Å². The number of carbonyl (C=O) groups is 1. The number of hydrogen-bond donors (Lipinski definition) is 0. The van der Waals surface area contributed by atoms with Crippen molar-refractivity contribution in [2.45, 2.75) is 20.5 Å². The molecule has 2 aromatic carbocycles. The first-order valence-electron chi connectivity index (χ1n) is 8.76. The fourth-order valence-corrected chi connectivity index (χ4v) is 4.38. The normalized spacial score (nSPS) is 15.8. The van der Waals surface area contributed by atoms with Gasteiger partial charge in [-0.2, -0.15) is 0 Å². The summed E-state index contributed by atoms with van der Waals surface area (Å²) in [6, 6.07) is 12.9.